The van der Waals surface area contributed by atoms with E-state index in [2.05, 4.69) is 21.2 Å². The molecule has 3 aromatic rings. The largest absolute Gasteiger partial charge is 0.460 e. The summed E-state index contributed by atoms with van der Waals surface area (Å²) in [7, 11) is 0. The lowest BCUT2D eigenvalue weighted by Crippen LogP contribution is -2.30. The van der Waals surface area contributed by atoms with Crippen LogP contribution in [0.25, 0.3) is 0 Å². The van der Waals surface area contributed by atoms with Crippen LogP contribution < -0.4 is 10.1 Å². The van der Waals surface area contributed by atoms with Crippen LogP contribution in [-0.4, -0.2) is 18.4 Å². The van der Waals surface area contributed by atoms with Gasteiger partial charge in [0.1, 0.15) is 18.9 Å². The van der Waals surface area contributed by atoms with Gasteiger partial charge in [-0.25, -0.2) is 0 Å². The van der Waals surface area contributed by atoms with Gasteiger partial charge in [-0.2, -0.15) is 0 Å². The monoisotopic (exact) mass is 495 g/mol. The number of hydrogen-bond donors (Lipinski definition) is 1. The van der Waals surface area contributed by atoms with E-state index in [1.165, 1.54) is 0 Å². The summed E-state index contributed by atoms with van der Waals surface area (Å²) in [5, 5.41) is 2.58. The molecule has 0 aromatic heterocycles. The highest BCUT2D eigenvalue weighted by molar-refractivity contribution is 9.10. The lowest BCUT2D eigenvalue weighted by atomic mass is 10.1. The van der Waals surface area contributed by atoms with Crippen LogP contribution in [0.3, 0.4) is 0 Å². The lowest BCUT2D eigenvalue weighted by molar-refractivity contribution is -0.144. The van der Waals surface area contributed by atoms with Gasteiger partial charge in [-0.05, 0) is 31.2 Å². The number of fused-ring (bicyclic) bond motifs is 1. The van der Waals surface area contributed by atoms with Gasteiger partial charge in [-0.1, -0.05) is 64.0 Å². The van der Waals surface area contributed by atoms with Crippen molar-refractivity contribution in [2.24, 2.45) is 0 Å². The number of nitrogens with one attached hydrogen (secondary N) is 1. The number of amides is 1. The van der Waals surface area contributed by atoms with Crippen LogP contribution in [0.5, 0.6) is 5.75 Å². The van der Waals surface area contributed by atoms with Crippen molar-refractivity contribution in [1.82, 2.24) is 5.32 Å². The Bertz CT molecular complexity index is 1120. The van der Waals surface area contributed by atoms with Crippen LogP contribution in [0.4, 0.5) is 0 Å². The molecule has 1 amide bonds. The molecule has 0 saturated carbocycles. The smallest absolute Gasteiger partial charge is 0.325 e. The predicted molar refractivity (Wildman–Crippen MR) is 122 cm³/mol. The quantitative estimate of drug-likeness (QED) is 0.495. The molecule has 1 heterocycles. The van der Waals surface area contributed by atoms with Crippen LogP contribution in [-0.2, 0) is 27.5 Å². The van der Waals surface area contributed by atoms with Crippen molar-refractivity contribution in [3.8, 4) is 5.75 Å². The Morgan fingerprint density at radius 2 is 1.84 bits per heavy atom. The second-order valence-electron chi connectivity index (χ2n) is 7.43. The van der Waals surface area contributed by atoms with Crippen molar-refractivity contribution in [2.75, 3.05) is 6.54 Å². The number of carbonyl (C=O) groups excluding carboxylic acids is 2. The summed E-state index contributed by atoms with van der Waals surface area (Å²) in [6.45, 7) is 2.11. The molecular formula is C25H22BrNO5. The average molecular weight is 496 g/mol. The Morgan fingerprint density at radius 3 is 2.59 bits per heavy atom. The molecule has 1 N–H and O–H groups in total. The molecule has 0 aliphatic carbocycles. The van der Waals surface area contributed by atoms with Gasteiger partial charge in [-0.3, -0.25) is 9.59 Å². The standard InChI is InChI=1S/C25H22BrNO5/c1-16-7-9-17(10-8-16)24(29)27-13-22(28)30-14-19-11-21(26)12-20-15-31-25(32-23(19)20)18-5-3-2-4-6-18/h2-12,25H,13-15H2,1H3,(H,27,29). The highest BCUT2D eigenvalue weighted by atomic mass is 79.9. The van der Waals surface area contributed by atoms with E-state index in [0.29, 0.717) is 17.9 Å². The first-order chi connectivity index (χ1) is 15.5. The van der Waals surface area contributed by atoms with Gasteiger partial charge in [0.2, 0.25) is 6.29 Å². The first-order valence-electron chi connectivity index (χ1n) is 10.1. The van der Waals surface area contributed by atoms with Crippen molar-refractivity contribution in [2.45, 2.75) is 26.4 Å². The van der Waals surface area contributed by atoms with Crippen LogP contribution in [0, 0.1) is 6.92 Å². The first-order valence-corrected chi connectivity index (χ1v) is 10.9. The Labute approximate surface area is 194 Å². The Kier molecular flexibility index (Phi) is 6.87. The van der Waals surface area contributed by atoms with Gasteiger partial charge in [0.25, 0.3) is 5.91 Å². The van der Waals surface area contributed by atoms with Crippen molar-refractivity contribution in [3.05, 3.63) is 99.0 Å². The summed E-state index contributed by atoms with van der Waals surface area (Å²) in [5.74, 6) is -0.219. The van der Waals surface area contributed by atoms with Gasteiger partial charge < -0.3 is 19.5 Å². The fraction of sp³-hybridized carbons (Fsp3) is 0.200. The van der Waals surface area contributed by atoms with Gasteiger partial charge in [0, 0.05) is 26.7 Å². The number of carbonyl (C=O) groups is 2. The molecule has 0 bridgehead atoms. The number of esters is 1. The van der Waals surface area contributed by atoms with E-state index in [-0.39, 0.29) is 19.1 Å². The maximum absolute atomic E-state index is 12.2. The van der Waals surface area contributed by atoms with E-state index in [9.17, 15) is 9.59 Å². The predicted octanol–water partition coefficient (Wildman–Crippen LogP) is 4.84. The van der Waals surface area contributed by atoms with E-state index >= 15 is 0 Å². The molecule has 1 aliphatic rings. The third kappa shape index (κ3) is 5.36. The Hall–Kier alpha value is -3.16. The molecule has 3 aromatic carbocycles. The summed E-state index contributed by atoms with van der Waals surface area (Å²) >= 11 is 3.48. The highest BCUT2D eigenvalue weighted by Gasteiger charge is 2.25. The summed E-state index contributed by atoms with van der Waals surface area (Å²) in [6.07, 6.45) is -0.534. The topological polar surface area (TPSA) is 73.9 Å². The fourth-order valence-corrected chi connectivity index (χ4v) is 3.88. The molecule has 1 unspecified atom stereocenters. The maximum atomic E-state index is 12.2. The molecule has 32 heavy (non-hydrogen) atoms. The molecule has 0 radical (unpaired) electrons. The van der Waals surface area contributed by atoms with E-state index in [1.807, 2.05) is 61.5 Å². The Morgan fingerprint density at radius 1 is 1.09 bits per heavy atom. The van der Waals surface area contributed by atoms with Crippen LogP contribution >= 0.6 is 15.9 Å². The molecule has 6 nitrogen and oxygen atoms in total. The van der Waals surface area contributed by atoms with Crippen LogP contribution in [0.1, 0.15) is 38.9 Å². The second-order valence-corrected chi connectivity index (χ2v) is 8.35. The molecule has 0 spiro atoms. The summed E-state index contributed by atoms with van der Waals surface area (Å²) < 4.78 is 18.2. The Balaban J connectivity index is 1.38. The number of benzene rings is 3. The number of hydrogen-bond acceptors (Lipinski definition) is 5. The summed E-state index contributed by atoms with van der Waals surface area (Å²) in [4.78, 5) is 24.4. The zero-order chi connectivity index (χ0) is 22.5. The van der Waals surface area contributed by atoms with Gasteiger partial charge in [0.15, 0.2) is 0 Å². The highest BCUT2D eigenvalue weighted by Crippen LogP contribution is 2.38. The lowest BCUT2D eigenvalue weighted by Gasteiger charge is -2.28. The van der Waals surface area contributed by atoms with Gasteiger partial charge >= 0.3 is 5.97 Å². The average Bonchev–Trinajstić information content (AvgIpc) is 2.81. The van der Waals surface area contributed by atoms with Crippen LogP contribution in [0.2, 0.25) is 0 Å². The zero-order valence-corrected chi connectivity index (χ0v) is 19.1. The molecular weight excluding hydrogens is 474 g/mol. The second kappa shape index (κ2) is 9.97. The normalized spacial score (nSPS) is 14.8. The SMILES string of the molecule is Cc1ccc(C(=O)NCC(=O)OCc2cc(Br)cc3c2OC(c2ccccc2)OC3)cc1. The van der Waals surface area contributed by atoms with Gasteiger partial charge in [0.05, 0.1) is 6.61 Å². The molecule has 4 rings (SSSR count). The maximum Gasteiger partial charge on any atom is 0.325 e. The van der Waals surface area contributed by atoms with Crippen molar-refractivity contribution in [1.29, 1.82) is 0 Å². The fourth-order valence-electron chi connectivity index (χ4n) is 3.33. The summed E-state index contributed by atoms with van der Waals surface area (Å²) in [6, 6.07) is 20.5. The number of halogens is 1. The minimum absolute atomic E-state index is 0.0164. The number of ether oxygens (including phenoxy) is 3. The molecule has 7 heteroatoms. The molecule has 0 saturated heterocycles. The first kappa shape index (κ1) is 22.0. The van der Waals surface area contributed by atoms with Crippen molar-refractivity contribution < 1.29 is 23.8 Å². The zero-order valence-electron chi connectivity index (χ0n) is 17.5. The minimum Gasteiger partial charge on any atom is -0.460 e. The third-order valence-corrected chi connectivity index (χ3v) is 5.45. The molecule has 164 valence electrons. The van der Waals surface area contributed by atoms with Crippen molar-refractivity contribution >= 4 is 27.8 Å². The molecule has 1 aliphatic heterocycles. The number of aryl methyl sites for hydroxylation is 1. The van der Waals surface area contributed by atoms with E-state index in [0.717, 1.165) is 26.7 Å². The minimum atomic E-state index is -0.536. The third-order valence-electron chi connectivity index (χ3n) is 4.99. The van der Waals surface area contributed by atoms with E-state index in [1.54, 1.807) is 12.1 Å². The van der Waals surface area contributed by atoms with Gasteiger partial charge in [-0.15, -0.1) is 0 Å². The van der Waals surface area contributed by atoms with E-state index < -0.39 is 12.3 Å². The van der Waals surface area contributed by atoms with E-state index in [4.69, 9.17) is 14.2 Å². The molecule has 1 atom stereocenters. The molecule has 0 fully saturated rings. The van der Waals surface area contributed by atoms with Crippen LogP contribution in [0.15, 0.2) is 71.2 Å². The summed E-state index contributed by atoms with van der Waals surface area (Å²) in [5.41, 5.74) is 4.04. The van der Waals surface area contributed by atoms with Crippen molar-refractivity contribution in [3.63, 3.8) is 0 Å². The number of rotatable bonds is 6.